The number of carbonyl (C=O) groups is 1. The van der Waals surface area contributed by atoms with Gasteiger partial charge in [-0.05, 0) is 6.07 Å². The highest BCUT2D eigenvalue weighted by molar-refractivity contribution is 6.32. The molecule has 0 fully saturated rings. The van der Waals surface area contributed by atoms with Crippen LogP contribution in [0.25, 0.3) is 11.6 Å². The highest BCUT2D eigenvalue weighted by Gasteiger charge is 2.41. The van der Waals surface area contributed by atoms with E-state index in [4.69, 9.17) is 11.6 Å². The summed E-state index contributed by atoms with van der Waals surface area (Å²) < 4.78 is 41.5. The Hall–Kier alpha value is -3.87. The topological polar surface area (TPSA) is 116 Å². The van der Waals surface area contributed by atoms with Crippen LogP contribution in [-0.4, -0.2) is 45.6 Å². The molecule has 1 amide bonds. The molecule has 4 rings (SSSR count). The summed E-state index contributed by atoms with van der Waals surface area (Å²) in [6.07, 6.45) is 3.56. The van der Waals surface area contributed by atoms with E-state index in [-0.39, 0.29) is 22.3 Å². The van der Waals surface area contributed by atoms with E-state index in [0.717, 1.165) is 17.2 Å². The van der Waals surface area contributed by atoms with Gasteiger partial charge in [0, 0.05) is 12.4 Å². The maximum absolute atomic E-state index is 13.7. The first kappa shape index (κ1) is 19.4. The molecule has 0 aromatic carbocycles. The standard InChI is InChI=1S/C16H9ClF3N9O/c17-11-5-9(6-23-14(11)29-24-3-4-25-29)27-15(30)10-7-26-28(13(10)16(18,19)20)12-8-21-1-2-22-12/h1-8H,(H,27,30). The summed E-state index contributed by atoms with van der Waals surface area (Å²) in [6, 6.07) is 1.31. The summed E-state index contributed by atoms with van der Waals surface area (Å²) in [5.41, 5.74) is -1.93. The van der Waals surface area contributed by atoms with Crippen LogP contribution >= 0.6 is 11.6 Å². The molecule has 0 aliphatic heterocycles. The number of nitrogens with one attached hydrogen (secondary N) is 1. The highest BCUT2D eigenvalue weighted by atomic mass is 35.5. The first-order valence-electron chi connectivity index (χ1n) is 8.10. The summed E-state index contributed by atoms with van der Waals surface area (Å²) >= 11 is 6.11. The van der Waals surface area contributed by atoms with Crippen LogP contribution in [0.2, 0.25) is 5.02 Å². The van der Waals surface area contributed by atoms with Crippen molar-refractivity contribution in [1.82, 2.24) is 39.7 Å². The van der Waals surface area contributed by atoms with E-state index in [1.54, 1.807) is 0 Å². The molecule has 0 atom stereocenters. The number of anilines is 1. The van der Waals surface area contributed by atoms with Crippen molar-refractivity contribution in [2.24, 2.45) is 0 Å². The predicted octanol–water partition coefficient (Wildman–Crippen LogP) is 2.56. The molecule has 0 saturated carbocycles. The zero-order valence-electron chi connectivity index (χ0n) is 14.6. The van der Waals surface area contributed by atoms with Gasteiger partial charge in [-0.2, -0.15) is 28.5 Å². The van der Waals surface area contributed by atoms with Crippen LogP contribution < -0.4 is 5.32 Å². The molecule has 0 aliphatic carbocycles. The number of pyridine rings is 1. The summed E-state index contributed by atoms with van der Waals surface area (Å²) in [4.78, 5) is 25.2. The Kier molecular flexibility index (Phi) is 4.87. The Morgan fingerprint density at radius 2 is 1.77 bits per heavy atom. The second kappa shape index (κ2) is 7.51. The molecule has 30 heavy (non-hydrogen) atoms. The van der Waals surface area contributed by atoms with Gasteiger partial charge >= 0.3 is 6.18 Å². The van der Waals surface area contributed by atoms with Gasteiger partial charge in [-0.15, -0.1) is 4.80 Å². The van der Waals surface area contributed by atoms with Crippen LogP contribution in [0.15, 0.2) is 49.4 Å². The summed E-state index contributed by atoms with van der Waals surface area (Å²) in [5.74, 6) is -1.06. The molecule has 1 N–H and O–H groups in total. The van der Waals surface area contributed by atoms with Gasteiger partial charge < -0.3 is 5.32 Å². The third kappa shape index (κ3) is 3.69. The Balaban J connectivity index is 1.66. The van der Waals surface area contributed by atoms with Gasteiger partial charge in [-0.1, -0.05) is 11.6 Å². The molecule has 10 nitrogen and oxygen atoms in total. The van der Waals surface area contributed by atoms with Gasteiger partial charge in [0.25, 0.3) is 5.91 Å². The van der Waals surface area contributed by atoms with E-state index in [0.29, 0.717) is 4.68 Å². The Morgan fingerprint density at radius 1 is 1.00 bits per heavy atom. The van der Waals surface area contributed by atoms with Crippen LogP contribution in [0.3, 0.4) is 0 Å². The third-order valence-corrected chi connectivity index (χ3v) is 4.01. The zero-order chi connectivity index (χ0) is 21.3. The zero-order valence-corrected chi connectivity index (χ0v) is 15.4. The van der Waals surface area contributed by atoms with Crippen LogP contribution in [0.5, 0.6) is 0 Å². The maximum Gasteiger partial charge on any atom is 0.434 e. The molecule has 4 aromatic rings. The monoisotopic (exact) mass is 435 g/mol. The second-order valence-corrected chi connectivity index (χ2v) is 6.09. The van der Waals surface area contributed by atoms with Gasteiger partial charge in [0.15, 0.2) is 17.3 Å². The fourth-order valence-corrected chi connectivity index (χ4v) is 2.77. The van der Waals surface area contributed by atoms with Crippen molar-refractivity contribution in [3.05, 3.63) is 65.7 Å². The molecule has 0 radical (unpaired) electrons. The second-order valence-electron chi connectivity index (χ2n) is 5.68. The number of carbonyl (C=O) groups excluding carboxylic acids is 1. The van der Waals surface area contributed by atoms with Crippen molar-refractivity contribution < 1.29 is 18.0 Å². The summed E-state index contributed by atoms with van der Waals surface area (Å²) in [5, 5.41) is 13.8. The fraction of sp³-hybridized carbons (Fsp3) is 0.0625. The first-order chi connectivity index (χ1) is 14.3. The number of hydrogen-bond acceptors (Lipinski definition) is 7. The lowest BCUT2D eigenvalue weighted by Gasteiger charge is -2.12. The summed E-state index contributed by atoms with van der Waals surface area (Å²) in [6.45, 7) is 0. The van der Waals surface area contributed by atoms with Gasteiger partial charge in [-0.3, -0.25) is 9.78 Å². The largest absolute Gasteiger partial charge is 0.434 e. The number of halogens is 4. The van der Waals surface area contributed by atoms with Crippen molar-refractivity contribution in [3.8, 4) is 11.6 Å². The number of amides is 1. The predicted molar refractivity (Wildman–Crippen MR) is 96.3 cm³/mol. The van der Waals surface area contributed by atoms with Gasteiger partial charge in [0.2, 0.25) is 0 Å². The van der Waals surface area contributed by atoms with Crippen LogP contribution in [0, 0.1) is 0 Å². The molecular weight excluding hydrogens is 427 g/mol. The lowest BCUT2D eigenvalue weighted by Crippen LogP contribution is -2.21. The molecule has 0 spiro atoms. The van der Waals surface area contributed by atoms with E-state index in [1.807, 2.05) is 0 Å². The van der Waals surface area contributed by atoms with Gasteiger partial charge in [0.1, 0.15) is 0 Å². The minimum absolute atomic E-state index is 0.0706. The van der Waals surface area contributed by atoms with Crippen molar-refractivity contribution in [2.75, 3.05) is 5.32 Å². The number of hydrogen-bond donors (Lipinski definition) is 1. The summed E-state index contributed by atoms with van der Waals surface area (Å²) in [7, 11) is 0. The van der Waals surface area contributed by atoms with Crippen molar-refractivity contribution in [2.45, 2.75) is 6.18 Å². The average molecular weight is 436 g/mol. The minimum Gasteiger partial charge on any atom is -0.320 e. The maximum atomic E-state index is 13.7. The molecule has 152 valence electrons. The van der Waals surface area contributed by atoms with E-state index in [2.05, 4.69) is 35.6 Å². The lowest BCUT2D eigenvalue weighted by molar-refractivity contribution is -0.143. The van der Waals surface area contributed by atoms with Crippen molar-refractivity contribution >= 4 is 23.2 Å². The Labute approximate surface area is 170 Å². The van der Waals surface area contributed by atoms with Crippen molar-refractivity contribution in [1.29, 1.82) is 0 Å². The van der Waals surface area contributed by atoms with Crippen LogP contribution in [0.4, 0.5) is 18.9 Å². The Bertz CT molecular complexity index is 1190. The SMILES string of the molecule is O=C(Nc1cnc(-n2nccn2)c(Cl)c1)c1cnn(-c2cnccn2)c1C(F)(F)F. The van der Waals surface area contributed by atoms with Gasteiger partial charge in [-0.25, -0.2) is 14.6 Å². The average Bonchev–Trinajstić information content (AvgIpc) is 3.38. The normalized spacial score (nSPS) is 11.5. The third-order valence-electron chi connectivity index (χ3n) is 3.74. The number of alkyl halides is 3. The van der Waals surface area contributed by atoms with Crippen LogP contribution in [-0.2, 0) is 6.18 Å². The van der Waals surface area contributed by atoms with E-state index >= 15 is 0 Å². The number of aromatic nitrogens is 8. The highest BCUT2D eigenvalue weighted by Crippen LogP contribution is 2.33. The molecule has 0 saturated heterocycles. The molecule has 4 heterocycles. The fourth-order valence-electron chi connectivity index (χ4n) is 2.53. The van der Waals surface area contributed by atoms with E-state index in [9.17, 15) is 18.0 Å². The quantitative estimate of drug-likeness (QED) is 0.523. The van der Waals surface area contributed by atoms with Crippen molar-refractivity contribution in [3.63, 3.8) is 0 Å². The molecule has 14 heteroatoms. The van der Waals surface area contributed by atoms with Gasteiger partial charge in [0.05, 0.1) is 47.3 Å². The smallest absolute Gasteiger partial charge is 0.320 e. The number of nitrogens with zero attached hydrogens (tertiary/aromatic N) is 8. The first-order valence-corrected chi connectivity index (χ1v) is 8.47. The number of rotatable bonds is 4. The van der Waals surface area contributed by atoms with E-state index < -0.39 is 23.3 Å². The molecule has 0 bridgehead atoms. The molecule has 0 aliphatic rings. The Morgan fingerprint density at radius 3 is 2.40 bits per heavy atom. The molecule has 0 unspecified atom stereocenters. The van der Waals surface area contributed by atoms with Crippen LogP contribution in [0.1, 0.15) is 16.1 Å². The van der Waals surface area contributed by atoms with E-state index in [1.165, 1.54) is 37.1 Å². The lowest BCUT2D eigenvalue weighted by atomic mass is 10.2. The minimum atomic E-state index is -4.88. The molecule has 4 aromatic heterocycles. The molecular formula is C16H9ClF3N9O.